The molecule has 0 spiro atoms. The van der Waals surface area contributed by atoms with Crippen molar-refractivity contribution in [2.24, 2.45) is 22.9 Å². The van der Waals surface area contributed by atoms with Crippen LogP contribution in [0.4, 0.5) is 5.69 Å². The molecule has 17 heteroatoms. The summed E-state index contributed by atoms with van der Waals surface area (Å²) >= 11 is 0. The Morgan fingerprint density at radius 3 is 2.23 bits per heavy atom. The molecule has 7 N–H and O–H groups in total. The Balaban J connectivity index is 1.72. The van der Waals surface area contributed by atoms with Crippen LogP contribution in [0.5, 0.6) is 23.0 Å². The zero-order valence-electron chi connectivity index (χ0n) is 35.7. The maximum absolute atomic E-state index is 14.4. The van der Waals surface area contributed by atoms with E-state index in [1.54, 1.807) is 37.9 Å². The number of amides is 1. The van der Waals surface area contributed by atoms with Gasteiger partial charge in [0, 0.05) is 81.4 Å². The zero-order valence-corrected chi connectivity index (χ0v) is 35.7. The van der Waals surface area contributed by atoms with E-state index >= 15 is 0 Å². The zero-order chi connectivity index (χ0) is 44.6. The van der Waals surface area contributed by atoms with Crippen molar-refractivity contribution in [2.45, 2.75) is 91.2 Å². The van der Waals surface area contributed by atoms with Gasteiger partial charge in [-0.2, -0.15) is 5.10 Å². The number of aliphatic hydroxyl groups excluding tert-OH is 2. The number of phenolic OH excluding ortho intramolecular Hbond substituents is 3. The number of likely N-dealkylation sites (N-methyl/N-ethyl adjacent to an activating group) is 1. The van der Waals surface area contributed by atoms with Gasteiger partial charge in [0.25, 0.3) is 11.7 Å². The molecule has 0 aliphatic carbocycles. The van der Waals surface area contributed by atoms with Crippen molar-refractivity contribution >= 4 is 40.3 Å². The van der Waals surface area contributed by atoms with Crippen LogP contribution in [-0.2, 0) is 23.8 Å². The van der Waals surface area contributed by atoms with Crippen LogP contribution in [0, 0.1) is 24.7 Å². The fraction of sp³-hybridized carbons (Fsp3) is 0.535. The van der Waals surface area contributed by atoms with Gasteiger partial charge in [0.15, 0.2) is 5.75 Å². The van der Waals surface area contributed by atoms with E-state index in [0.29, 0.717) is 26.2 Å². The summed E-state index contributed by atoms with van der Waals surface area (Å²) in [7, 11) is 3.26. The molecule has 2 aromatic carbocycles. The van der Waals surface area contributed by atoms with Gasteiger partial charge in [-0.25, -0.2) is 0 Å². The first kappa shape index (κ1) is 45.9. The van der Waals surface area contributed by atoms with Crippen molar-refractivity contribution < 1.29 is 64.0 Å². The topological polar surface area (TPSA) is 240 Å². The van der Waals surface area contributed by atoms with Crippen LogP contribution in [-0.4, -0.2) is 141 Å². The van der Waals surface area contributed by atoms with Crippen LogP contribution in [0.25, 0.3) is 10.8 Å². The highest BCUT2D eigenvalue weighted by Crippen LogP contribution is 2.55. The summed E-state index contributed by atoms with van der Waals surface area (Å²) in [6, 6.07) is 0. The monoisotopic (exact) mass is 838 g/mol. The summed E-state index contributed by atoms with van der Waals surface area (Å²) in [6.07, 6.45) is 3.05. The number of benzene rings is 2. The van der Waals surface area contributed by atoms with Gasteiger partial charge in [-0.05, 0) is 33.9 Å². The van der Waals surface area contributed by atoms with Gasteiger partial charge in [0.1, 0.15) is 35.1 Å². The third-order valence-corrected chi connectivity index (χ3v) is 11.9. The summed E-state index contributed by atoms with van der Waals surface area (Å²) < 4.78 is 23.2. The molecule has 1 amide bonds. The number of hydrogen-bond donors (Lipinski definition) is 7. The first-order valence-corrected chi connectivity index (χ1v) is 19.8. The molecule has 4 aliphatic rings. The Hall–Kier alpha value is -5.20. The number of carbonyl (C=O) groups is 3. The smallest absolute Gasteiger partial charge is 0.312 e. The highest BCUT2D eigenvalue weighted by molar-refractivity contribution is 6.23. The second-order valence-corrected chi connectivity index (χ2v) is 16.4. The number of piperazine rings is 1. The maximum atomic E-state index is 14.4. The van der Waals surface area contributed by atoms with E-state index in [2.05, 4.69) is 15.3 Å². The second kappa shape index (κ2) is 17.8. The number of ketones is 1. The summed E-state index contributed by atoms with van der Waals surface area (Å²) in [5.41, 5.74) is -2.57. The standard InChI is InChI=1S/C43H58N4O13/c1-21-12-11-13-22(2)41(55)45-32-27(20-44-47-17-15-46(9)16-18-47)36(52)29-30(37(32)53)35(51)24(4)38-31(29)39(54)43(8,60-38)58-19-14-28(57-10)42(7,56)40(59-26(6)48)25(5)34(50)23(3)33(21)49/h11-14,19-21,23,25,28,33-34,40,49-53,56H,15-18H2,1-10H3,(H,45,55)/b12-11+,19-14+,22-13-,44-20+/t21-,23+,25+,28-,33-,34+,40-,42?,43-/m0/s1. The molecule has 9 atom stereocenters. The van der Waals surface area contributed by atoms with Crippen LogP contribution in [0.15, 0.2) is 41.2 Å². The predicted octanol–water partition coefficient (Wildman–Crippen LogP) is 3.45. The number of fused-ring (bicyclic) bond motifs is 14. The molecule has 5 bridgehead atoms. The number of methoxy groups -OCH3 is 1. The number of esters is 1. The minimum Gasteiger partial charge on any atom is -0.507 e. The number of rotatable bonds is 4. The number of anilines is 1. The lowest BCUT2D eigenvalue weighted by atomic mass is 9.76. The lowest BCUT2D eigenvalue weighted by Gasteiger charge is -2.42. The first-order valence-electron chi connectivity index (χ1n) is 19.8. The van der Waals surface area contributed by atoms with Crippen molar-refractivity contribution in [3.05, 3.63) is 52.8 Å². The Morgan fingerprint density at radius 2 is 1.62 bits per heavy atom. The van der Waals surface area contributed by atoms with Gasteiger partial charge in [0.2, 0.25) is 0 Å². The fourth-order valence-corrected chi connectivity index (χ4v) is 7.97. The number of aromatic hydroxyl groups is 3. The fourth-order valence-electron chi connectivity index (χ4n) is 7.97. The number of aliphatic hydroxyl groups is 3. The molecule has 1 saturated heterocycles. The number of hydrogen-bond acceptors (Lipinski definition) is 16. The van der Waals surface area contributed by atoms with Crippen LogP contribution >= 0.6 is 0 Å². The summed E-state index contributed by atoms with van der Waals surface area (Å²) in [5.74, 6) is -8.74. The Labute approximate surface area is 349 Å². The number of ether oxygens (including phenoxy) is 4. The van der Waals surface area contributed by atoms with E-state index in [1.165, 1.54) is 53.2 Å². The number of nitrogens with zero attached hydrogens (tertiary/aromatic N) is 3. The average Bonchev–Trinajstić information content (AvgIpc) is 3.46. The van der Waals surface area contributed by atoms with Crippen LogP contribution in [0.2, 0.25) is 0 Å². The maximum Gasteiger partial charge on any atom is 0.312 e. The molecular formula is C43H58N4O13. The lowest BCUT2D eigenvalue weighted by Crippen LogP contribution is -2.57. The van der Waals surface area contributed by atoms with Gasteiger partial charge < -0.3 is 59.8 Å². The number of carbonyl (C=O) groups excluding carboxylic acids is 3. The molecule has 1 unspecified atom stereocenters. The van der Waals surface area contributed by atoms with E-state index < -0.39 is 88.5 Å². The van der Waals surface area contributed by atoms with Crippen molar-refractivity contribution in [3.8, 4) is 23.0 Å². The number of hydrazone groups is 1. The molecule has 328 valence electrons. The molecule has 1 fully saturated rings. The second-order valence-electron chi connectivity index (χ2n) is 16.4. The van der Waals surface area contributed by atoms with Gasteiger partial charge in [-0.3, -0.25) is 19.4 Å². The van der Waals surface area contributed by atoms with Crippen LogP contribution in [0.1, 0.15) is 70.0 Å². The Bertz CT molecular complexity index is 2120. The highest BCUT2D eigenvalue weighted by atomic mass is 16.7. The Kier molecular flexibility index (Phi) is 13.6. The van der Waals surface area contributed by atoms with E-state index in [-0.39, 0.29) is 44.5 Å². The molecule has 0 radical (unpaired) electrons. The summed E-state index contributed by atoms with van der Waals surface area (Å²) in [6.45, 7) is 14.1. The van der Waals surface area contributed by atoms with Crippen molar-refractivity contribution in [3.63, 3.8) is 0 Å². The molecule has 0 aromatic heterocycles. The third kappa shape index (κ3) is 8.67. The summed E-state index contributed by atoms with van der Waals surface area (Å²) in [4.78, 5) is 42.7. The highest BCUT2D eigenvalue weighted by Gasteiger charge is 2.51. The largest absolute Gasteiger partial charge is 0.507 e. The number of allylic oxidation sites excluding steroid dienone is 2. The van der Waals surface area contributed by atoms with Gasteiger partial charge in [-0.1, -0.05) is 39.0 Å². The SMILES string of the molecule is CO[C@H]1/C=C/O[C@@]2(C)Oc3c(C)c(O)c4c(O)c(c(/C=N/N5CCN(C)CC5)c(O)c4c3C2=O)NC(=O)/C(C)=C\C=C\[C@H](C)[C@H](O)[C@@H](C)[C@@H](O)[C@@H](C)[C@H](OC(C)=O)C1(C)O. The number of phenols is 3. The first-order chi connectivity index (χ1) is 28.1. The normalized spacial score (nSPS) is 33.0. The molecule has 6 rings (SSSR count). The molecule has 60 heavy (non-hydrogen) atoms. The van der Waals surface area contributed by atoms with Crippen molar-refractivity contribution in [1.29, 1.82) is 0 Å². The van der Waals surface area contributed by atoms with Crippen LogP contribution in [0.3, 0.4) is 0 Å². The molecule has 4 aliphatic heterocycles. The molecule has 2 aromatic rings. The minimum absolute atomic E-state index is 0.0136. The predicted molar refractivity (Wildman–Crippen MR) is 222 cm³/mol. The summed E-state index contributed by atoms with van der Waals surface area (Å²) in [5, 5.41) is 78.7. The van der Waals surface area contributed by atoms with Crippen molar-refractivity contribution in [2.75, 3.05) is 45.7 Å². The van der Waals surface area contributed by atoms with Crippen LogP contribution < -0.4 is 10.1 Å². The molecule has 17 nitrogen and oxygen atoms in total. The van der Waals surface area contributed by atoms with Crippen molar-refractivity contribution in [1.82, 2.24) is 9.91 Å². The number of Topliss-reactive ketones (excluding diaryl/α,β-unsaturated/α-hetero) is 1. The lowest BCUT2D eigenvalue weighted by molar-refractivity contribution is -0.194. The molecule has 0 saturated carbocycles. The van der Waals surface area contributed by atoms with Gasteiger partial charge in [-0.15, -0.1) is 0 Å². The minimum atomic E-state index is -2.14. The third-order valence-electron chi connectivity index (χ3n) is 11.9. The van der Waals surface area contributed by atoms with E-state index in [0.717, 1.165) is 13.2 Å². The van der Waals surface area contributed by atoms with E-state index in [1.807, 2.05) is 7.05 Å². The molecular weight excluding hydrogens is 780 g/mol. The average molecular weight is 839 g/mol. The van der Waals surface area contributed by atoms with Gasteiger partial charge >= 0.3 is 11.8 Å². The van der Waals surface area contributed by atoms with E-state index in [9.17, 15) is 45.0 Å². The van der Waals surface area contributed by atoms with E-state index in [4.69, 9.17) is 18.9 Å². The van der Waals surface area contributed by atoms with Gasteiger partial charge in [0.05, 0.1) is 46.9 Å². The quantitative estimate of drug-likeness (QED) is 0.101. The number of nitrogens with one attached hydrogen (secondary N) is 1. The molecule has 4 heterocycles. The Morgan fingerprint density at radius 1 is 0.967 bits per heavy atom.